The van der Waals surface area contributed by atoms with Crippen LogP contribution in [0.25, 0.3) is 0 Å². The van der Waals surface area contributed by atoms with E-state index < -0.39 is 0 Å². The lowest BCUT2D eigenvalue weighted by Crippen LogP contribution is -2.46. The highest BCUT2D eigenvalue weighted by molar-refractivity contribution is 6.05. The van der Waals surface area contributed by atoms with Gasteiger partial charge in [0, 0.05) is 24.3 Å². The SMILES string of the molecule is CC(=O)c1c(C)[nH]c(C(=O)[C@@H](C)N2CCOCC2)c1C. The van der Waals surface area contributed by atoms with Crippen LogP contribution in [0.3, 0.4) is 0 Å². The predicted molar refractivity (Wildman–Crippen MR) is 76.5 cm³/mol. The fraction of sp³-hybridized carbons (Fsp3) is 0.600. The van der Waals surface area contributed by atoms with E-state index in [1.54, 1.807) is 0 Å². The smallest absolute Gasteiger partial charge is 0.196 e. The molecule has 1 aromatic heterocycles. The third kappa shape index (κ3) is 2.69. The van der Waals surface area contributed by atoms with Gasteiger partial charge in [-0.1, -0.05) is 0 Å². The summed E-state index contributed by atoms with van der Waals surface area (Å²) in [4.78, 5) is 29.5. The lowest BCUT2D eigenvalue weighted by Gasteiger charge is -2.31. The lowest BCUT2D eigenvalue weighted by atomic mass is 10.0. The summed E-state index contributed by atoms with van der Waals surface area (Å²) in [6.07, 6.45) is 0. The molecule has 5 nitrogen and oxygen atoms in total. The molecular weight excluding hydrogens is 256 g/mol. The standard InChI is InChI=1S/C15H22N2O3/c1-9-13(12(4)18)10(2)16-14(9)15(19)11(3)17-5-7-20-8-6-17/h11,16H,5-8H2,1-4H3/t11-/m1/s1. The normalized spacial score (nSPS) is 18.0. The predicted octanol–water partition coefficient (Wildman–Crippen LogP) is 1.74. The molecule has 2 rings (SSSR count). The Labute approximate surface area is 119 Å². The highest BCUT2D eigenvalue weighted by Gasteiger charge is 2.28. The van der Waals surface area contributed by atoms with Crippen molar-refractivity contribution in [2.75, 3.05) is 26.3 Å². The van der Waals surface area contributed by atoms with E-state index in [1.165, 1.54) is 6.92 Å². The first-order valence-corrected chi connectivity index (χ1v) is 6.99. The third-order valence-electron chi connectivity index (χ3n) is 4.01. The number of nitrogens with one attached hydrogen (secondary N) is 1. The Morgan fingerprint density at radius 3 is 2.35 bits per heavy atom. The molecule has 1 fully saturated rings. The summed E-state index contributed by atoms with van der Waals surface area (Å²) in [5.74, 6) is 0.0364. The number of ether oxygens (including phenoxy) is 1. The molecule has 1 aliphatic rings. The molecule has 1 aliphatic heterocycles. The molecular formula is C15H22N2O3. The molecule has 5 heteroatoms. The largest absolute Gasteiger partial charge is 0.379 e. The number of carbonyl (C=O) groups is 2. The summed E-state index contributed by atoms with van der Waals surface area (Å²) in [6.45, 7) is 9.98. The fourth-order valence-electron chi connectivity index (χ4n) is 2.86. The van der Waals surface area contributed by atoms with Crippen molar-refractivity contribution < 1.29 is 14.3 Å². The average molecular weight is 278 g/mol. The molecule has 1 saturated heterocycles. The van der Waals surface area contributed by atoms with E-state index in [9.17, 15) is 9.59 Å². The molecule has 1 N–H and O–H groups in total. The third-order valence-corrected chi connectivity index (χ3v) is 4.01. The second-order valence-electron chi connectivity index (χ2n) is 5.37. The summed E-state index contributed by atoms with van der Waals surface area (Å²) in [5.41, 5.74) is 2.74. The zero-order valence-electron chi connectivity index (χ0n) is 12.6. The molecule has 0 amide bonds. The molecule has 0 aromatic carbocycles. The topological polar surface area (TPSA) is 62.4 Å². The van der Waals surface area contributed by atoms with Crippen molar-refractivity contribution in [3.05, 3.63) is 22.5 Å². The van der Waals surface area contributed by atoms with E-state index >= 15 is 0 Å². The first kappa shape index (κ1) is 14.9. The minimum Gasteiger partial charge on any atom is -0.379 e. The molecule has 1 atom stereocenters. The number of aromatic nitrogens is 1. The maximum Gasteiger partial charge on any atom is 0.196 e. The van der Waals surface area contributed by atoms with E-state index in [1.807, 2.05) is 20.8 Å². The molecule has 20 heavy (non-hydrogen) atoms. The number of aromatic amines is 1. The molecule has 1 aromatic rings. The summed E-state index contributed by atoms with van der Waals surface area (Å²) < 4.78 is 5.31. The Kier molecular flexibility index (Phi) is 4.40. The first-order valence-electron chi connectivity index (χ1n) is 6.99. The van der Waals surface area contributed by atoms with Crippen molar-refractivity contribution in [1.82, 2.24) is 9.88 Å². The molecule has 0 saturated carbocycles. The van der Waals surface area contributed by atoms with Crippen LogP contribution in [-0.4, -0.2) is 53.8 Å². The molecule has 0 radical (unpaired) electrons. The number of hydrogen-bond acceptors (Lipinski definition) is 4. The van der Waals surface area contributed by atoms with Crippen molar-refractivity contribution in [1.29, 1.82) is 0 Å². The van der Waals surface area contributed by atoms with E-state index in [0.29, 0.717) is 24.5 Å². The maximum atomic E-state index is 12.6. The summed E-state index contributed by atoms with van der Waals surface area (Å²) in [5, 5.41) is 0. The minimum atomic E-state index is -0.199. The van der Waals surface area contributed by atoms with Gasteiger partial charge in [-0.3, -0.25) is 14.5 Å². The second kappa shape index (κ2) is 5.89. The van der Waals surface area contributed by atoms with Gasteiger partial charge in [0.2, 0.25) is 0 Å². The van der Waals surface area contributed by atoms with Crippen molar-refractivity contribution >= 4 is 11.6 Å². The molecule has 0 spiro atoms. The quantitative estimate of drug-likeness (QED) is 0.852. The number of rotatable bonds is 4. The fourth-order valence-corrected chi connectivity index (χ4v) is 2.86. The minimum absolute atomic E-state index is 0.00525. The highest BCUT2D eigenvalue weighted by atomic mass is 16.5. The van der Waals surface area contributed by atoms with Gasteiger partial charge in [0.1, 0.15) is 0 Å². The highest BCUT2D eigenvalue weighted by Crippen LogP contribution is 2.21. The Hall–Kier alpha value is -1.46. The molecule has 0 aliphatic carbocycles. The van der Waals surface area contributed by atoms with E-state index in [4.69, 9.17) is 4.74 Å². The number of morpholine rings is 1. The number of nitrogens with zero attached hydrogens (tertiary/aromatic N) is 1. The van der Waals surface area contributed by atoms with Crippen molar-refractivity contribution in [2.45, 2.75) is 33.7 Å². The number of carbonyl (C=O) groups excluding carboxylic acids is 2. The zero-order valence-corrected chi connectivity index (χ0v) is 12.6. The monoisotopic (exact) mass is 278 g/mol. The molecule has 0 bridgehead atoms. The van der Waals surface area contributed by atoms with Crippen LogP contribution in [0.1, 0.15) is 46.0 Å². The van der Waals surface area contributed by atoms with Gasteiger partial charge in [0.15, 0.2) is 11.6 Å². The van der Waals surface area contributed by atoms with Gasteiger partial charge in [-0.25, -0.2) is 0 Å². The number of ketones is 2. The number of Topliss-reactive ketones (excluding diaryl/α,β-unsaturated/α-hetero) is 2. The number of H-pyrrole nitrogens is 1. The molecule has 110 valence electrons. The summed E-state index contributed by atoms with van der Waals surface area (Å²) >= 11 is 0. The van der Waals surface area contributed by atoms with E-state index in [-0.39, 0.29) is 17.6 Å². The Bertz CT molecular complexity index is 527. The van der Waals surface area contributed by atoms with Gasteiger partial charge in [-0.15, -0.1) is 0 Å². The van der Waals surface area contributed by atoms with Crippen LogP contribution in [0, 0.1) is 13.8 Å². The van der Waals surface area contributed by atoms with Gasteiger partial charge in [0.25, 0.3) is 0 Å². The van der Waals surface area contributed by atoms with Gasteiger partial charge in [-0.2, -0.15) is 0 Å². The van der Waals surface area contributed by atoms with Crippen LogP contribution in [0.15, 0.2) is 0 Å². The molecule has 2 heterocycles. The summed E-state index contributed by atoms with van der Waals surface area (Å²) in [6, 6.07) is -0.199. The molecule has 0 unspecified atom stereocenters. The van der Waals surface area contributed by atoms with Crippen LogP contribution in [0.4, 0.5) is 0 Å². The van der Waals surface area contributed by atoms with Crippen molar-refractivity contribution in [3.8, 4) is 0 Å². The number of aryl methyl sites for hydroxylation is 1. The second-order valence-corrected chi connectivity index (χ2v) is 5.37. The van der Waals surface area contributed by atoms with E-state index in [2.05, 4.69) is 9.88 Å². The average Bonchev–Trinajstić information content (AvgIpc) is 2.73. The van der Waals surface area contributed by atoms with Gasteiger partial charge in [-0.05, 0) is 33.3 Å². The van der Waals surface area contributed by atoms with Crippen LogP contribution in [0.5, 0.6) is 0 Å². The van der Waals surface area contributed by atoms with Gasteiger partial charge in [0.05, 0.1) is 24.9 Å². The lowest BCUT2D eigenvalue weighted by molar-refractivity contribution is 0.0207. The van der Waals surface area contributed by atoms with Gasteiger partial charge >= 0.3 is 0 Å². The number of hydrogen-bond donors (Lipinski definition) is 1. The van der Waals surface area contributed by atoms with Crippen molar-refractivity contribution in [2.24, 2.45) is 0 Å². The summed E-state index contributed by atoms with van der Waals surface area (Å²) in [7, 11) is 0. The Balaban J connectivity index is 2.24. The van der Waals surface area contributed by atoms with Crippen molar-refractivity contribution in [3.63, 3.8) is 0 Å². The van der Waals surface area contributed by atoms with Gasteiger partial charge < -0.3 is 9.72 Å². The van der Waals surface area contributed by atoms with Crippen LogP contribution in [-0.2, 0) is 4.74 Å². The van der Waals surface area contributed by atoms with Crippen LogP contribution in [0.2, 0.25) is 0 Å². The van der Waals surface area contributed by atoms with E-state index in [0.717, 1.165) is 24.3 Å². The Morgan fingerprint density at radius 1 is 1.25 bits per heavy atom. The Morgan fingerprint density at radius 2 is 1.85 bits per heavy atom. The first-order chi connectivity index (χ1) is 9.43. The van der Waals surface area contributed by atoms with Crippen LogP contribution >= 0.6 is 0 Å². The maximum absolute atomic E-state index is 12.6. The zero-order chi connectivity index (χ0) is 14.9. The van der Waals surface area contributed by atoms with Crippen LogP contribution < -0.4 is 0 Å².